The number of halogens is 1. The second kappa shape index (κ2) is 7.36. The van der Waals surface area contributed by atoms with Crippen LogP contribution in [-0.4, -0.2) is 27.1 Å². The summed E-state index contributed by atoms with van der Waals surface area (Å²) in [4.78, 5) is 12.3. The van der Waals surface area contributed by atoms with Crippen molar-refractivity contribution in [1.82, 2.24) is 0 Å². The molecule has 0 unspecified atom stereocenters. The Morgan fingerprint density at radius 1 is 1.12 bits per heavy atom. The van der Waals surface area contributed by atoms with Crippen LogP contribution in [-0.2, 0) is 14.8 Å². The van der Waals surface area contributed by atoms with Crippen molar-refractivity contribution in [2.75, 3.05) is 22.4 Å². The number of carbonyl (C=O) groups is 1. The zero-order valence-corrected chi connectivity index (χ0v) is 16.1. The van der Waals surface area contributed by atoms with E-state index < -0.39 is 15.9 Å². The minimum absolute atomic E-state index is 0.289. The molecule has 0 heterocycles. The summed E-state index contributed by atoms with van der Waals surface area (Å²) < 4.78 is 26.1. The SMILES string of the molecule is Cc1cc(C)cc(N(CC(=O)Nc2ccccc2Br)S(C)(=O)=O)c1. The summed E-state index contributed by atoms with van der Waals surface area (Å²) in [6.45, 7) is 3.49. The molecule has 1 N–H and O–H groups in total. The number of hydrogen-bond donors (Lipinski definition) is 1. The lowest BCUT2D eigenvalue weighted by molar-refractivity contribution is -0.114. The summed E-state index contributed by atoms with van der Waals surface area (Å²) in [6, 6.07) is 12.6. The van der Waals surface area contributed by atoms with E-state index in [0.717, 1.165) is 26.2 Å². The molecule has 5 nitrogen and oxygen atoms in total. The van der Waals surface area contributed by atoms with Gasteiger partial charge in [-0.2, -0.15) is 0 Å². The van der Waals surface area contributed by atoms with Crippen LogP contribution in [0.25, 0.3) is 0 Å². The first-order valence-corrected chi connectivity index (χ1v) is 9.91. The molecule has 0 aliphatic carbocycles. The van der Waals surface area contributed by atoms with Crippen molar-refractivity contribution in [1.29, 1.82) is 0 Å². The Kier molecular flexibility index (Phi) is 5.66. The summed E-state index contributed by atoms with van der Waals surface area (Å²) in [5, 5.41) is 2.72. The number of rotatable bonds is 5. The highest BCUT2D eigenvalue weighted by Gasteiger charge is 2.21. The monoisotopic (exact) mass is 410 g/mol. The number of nitrogens with one attached hydrogen (secondary N) is 1. The van der Waals surface area contributed by atoms with Crippen LogP contribution in [0.5, 0.6) is 0 Å². The second-order valence-electron chi connectivity index (χ2n) is 5.64. The molecule has 0 atom stereocenters. The minimum atomic E-state index is -3.59. The number of sulfonamides is 1. The van der Waals surface area contributed by atoms with E-state index in [1.54, 1.807) is 30.3 Å². The molecule has 2 rings (SSSR count). The van der Waals surface area contributed by atoms with E-state index >= 15 is 0 Å². The van der Waals surface area contributed by atoms with Crippen LogP contribution in [0.15, 0.2) is 46.9 Å². The van der Waals surface area contributed by atoms with Crippen molar-refractivity contribution >= 4 is 43.2 Å². The van der Waals surface area contributed by atoms with Gasteiger partial charge < -0.3 is 5.32 Å². The van der Waals surface area contributed by atoms with Gasteiger partial charge in [-0.15, -0.1) is 0 Å². The van der Waals surface area contributed by atoms with Gasteiger partial charge in [0, 0.05) is 4.47 Å². The van der Waals surface area contributed by atoms with Gasteiger partial charge in [0.25, 0.3) is 0 Å². The molecule has 0 aliphatic heterocycles. The van der Waals surface area contributed by atoms with E-state index in [1.807, 2.05) is 26.0 Å². The van der Waals surface area contributed by atoms with Crippen molar-refractivity contribution < 1.29 is 13.2 Å². The largest absolute Gasteiger partial charge is 0.323 e. The fraction of sp³-hybridized carbons (Fsp3) is 0.235. The first kappa shape index (κ1) is 18.5. The van der Waals surface area contributed by atoms with Crippen molar-refractivity contribution in [2.24, 2.45) is 0 Å². The number of anilines is 2. The normalized spacial score (nSPS) is 11.2. The van der Waals surface area contributed by atoms with Crippen LogP contribution in [0, 0.1) is 13.8 Å². The van der Waals surface area contributed by atoms with Crippen LogP contribution >= 0.6 is 15.9 Å². The molecule has 0 aromatic heterocycles. The molecular weight excluding hydrogens is 392 g/mol. The van der Waals surface area contributed by atoms with Gasteiger partial charge in [0.1, 0.15) is 6.54 Å². The maximum atomic E-state index is 12.3. The van der Waals surface area contributed by atoms with Gasteiger partial charge in [-0.05, 0) is 65.2 Å². The highest BCUT2D eigenvalue weighted by atomic mass is 79.9. The lowest BCUT2D eigenvalue weighted by Crippen LogP contribution is -2.37. The lowest BCUT2D eigenvalue weighted by atomic mass is 10.1. The molecule has 0 fully saturated rings. The molecule has 128 valence electrons. The van der Waals surface area contributed by atoms with Crippen molar-refractivity contribution in [3.8, 4) is 0 Å². The van der Waals surface area contributed by atoms with Gasteiger partial charge in [0.15, 0.2) is 0 Å². The van der Waals surface area contributed by atoms with Gasteiger partial charge in [0.2, 0.25) is 15.9 Å². The summed E-state index contributed by atoms with van der Waals surface area (Å²) in [7, 11) is -3.59. The highest BCUT2D eigenvalue weighted by molar-refractivity contribution is 9.10. The molecule has 0 aliphatic rings. The molecule has 24 heavy (non-hydrogen) atoms. The van der Waals surface area contributed by atoms with Gasteiger partial charge in [-0.25, -0.2) is 8.42 Å². The number of para-hydroxylation sites is 1. The maximum Gasteiger partial charge on any atom is 0.245 e. The molecule has 0 saturated carbocycles. The Labute approximate surface area is 150 Å². The van der Waals surface area contributed by atoms with E-state index in [4.69, 9.17) is 0 Å². The van der Waals surface area contributed by atoms with Crippen molar-refractivity contribution in [3.05, 3.63) is 58.1 Å². The Balaban J connectivity index is 2.27. The average molecular weight is 411 g/mol. The summed E-state index contributed by atoms with van der Waals surface area (Å²) in [6.07, 6.45) is 1.09. The Bertz CT molecular complexity index is 846. The van der Waals surface area contributed by atoms with E-state index in [2.05, 4.69) is 21.2 Å². The van der Waals surface area contributed by atoms with Crippen LogP contribution in [0.3, 0.4) is 0 Å². The summed E-state index contributed by atoms with van der Waals surface area (Å²) >= 11 is 3.35. The Morgan fingerprint density at radius 2 is 1.71 bits per heavy atom. The third kappa shape index (κ3) is 4.82. The van der Waals surface area contributed by atoms with E-state index in [9.17, 15) is 13.2 Å². The van der Waals surface area contributed by atoms with Crippen LogP contribution in [0.1, 0.15) is 11.1 Å². The third-order valence-corrected chi connectivity index (χ3v) is 5.16. The Morgan fingerprint density at radius 3 is 2.25 bits per heavy atom. The first-order chi connectivity index (χ1) is 11.2. The summed E-state index contributed by atoms with van der Waals surface area (Å²) in [5.41, 5.74) is 2.95. The molecule has 0 radical (unpaired) electrons. The Hall–Kier alpha value is -1.86. The van der Waals surface area contributed by atoms with Gasteiger partial charge in [-0.1, -0.05) is 18.2 Å². The molecule has 7 heteroatoms. The number of aryl methyl sites for hydroxylation is 2. The van der Waals surface area contributed by atoms with Gasteiger partial charge >= 0.3 is 0 Å². The molecule has 0 bridgehead atoms. The number of benzene rings is 2. The molecular formula is C17H19BrN2O3S. The minimum Gasteiger partial charge on any atom is -0.323 e. The molecule has 0 spiro atoms. The number of nitrogens with zero attached hydrogens (tertiary/aromatic N) is 1. The number of carbonyl (C=O) groups excluding carboxylic acids is 1. The highest BCUT2D eigenvalue weighted by Crippen LogP contribution is 2.23. The van der Waals surface area contributed by atoms with E-state index in [1.165, 1.54) is 0 Å². The van der Waals surface area contributed by atoms with E-state index in [-0.39, 0.29) is 6.54 Å². The average Bonchev–Trinajstić information content (AvgIpc) is 2.45. The molecule has 2 aromatic carbocycles. The fourth-order valence-corrected chi connectivity index (χ4v) is 3.60. The van der Waals surface area contributed by atoms with Gasteiger partial charge in [0.05, 0.1) is 17.6 Å². The van der Waals surface area contributed by atoms with Crippen LogP contribution < -0.4 is 9.62 Å². The molecule has 1 amide bonds. The van der Waals surface area contributed by atoms with Crippen molar-refractivity contribution in [2.45, 2.75) is 13.8 Å². The topological polar surface area (TPSA) is 66.5 Å². The van der Waals surface area contributed by atoms with Crippen LogP contribution in [0.2, 0.25) is 0 Å². The van der Waals surface area contributed by atoms with E-state index in [0.29, 0.717) is 11.4 Å². The van der Waals surface area contributed by atoms with Crippen LogP contribution in [0.4, 0.5) is 11.4 Å². The zero-order chi connectivity index (χ0) is 17.9. The summed E-state index contributed by atoms with van der Waals surface area (Å²) in [5.74, 6) is -0.411. The van der Waals surface area contributed by atoms with Crippen molar-refractivity contribution in [3.63, 3.8) is 0 Å². The second-order valence-corrected chi connectivity index (χ2v) is 8.40. The predicted octanol–water partition coefficient (Wildman–Crippen LogP) is 3.47. The smallest absolute Gasteiger partial charge is 0.245 e. The quantitative estimate of drug-likeness (QED) is 0.820. The number of hydrogen-bond acceptors (Lipinski definition) is 3. The van der Waals surface area contributed by atoms with Gasteiger partial charge in [-0.3, -0.25) is 9.10 Å². The first-order valence-electron chi connectivity index (χ1n) is 7.27. The predicted molar refractivity (Wildman–Crippen MR) is 101 cm³/mol. The molecule has 0 saturated heterocycles. The number of amides is 1. The zero-order valence-electron chi connectivity index (χ0n) is 13.7. The standard InChI is InChI=1S/C17H19BrN2O3S/c1-12-8-13(2)10-14(9-12)20(24(3,22)23)11-17(21)19-16-7-5-4-6-15(16)18/h4-10H,11H2,1-3H3,(H,19,21). The maximum absolute atomic E-state index is 12.3. The fourth-order valence-electron chi connectivity index (χ4n) is 2.38. The lowest BCUT2D eigenvalue weighted by Gasteiger charge is -2.23. The molecule has 2 aromatic rings. The third-order valence-electron chi connectivity index (χ3n) is 3.33.